The van der Waals surface area contributed by atoms with E-state index in [1.54, 1.807) is 36.5 Å². The topological polar surface area (TPSA) is 86.9 Å². The molecule has 0 amide bonds. The number of aromatic amines is 1. The lowest BCUT2D eigenvalue weighted by Crippen LogP contribution is -2.26. The maximum Gasteiger partial charge on any atom is 0.175 e. The van der Waals surface area contributed by atoms with Crippen LogP contribution in [0.25, 0.3) is 22.2 Å². The Bertz CT molecular complexity index is 1440. The summed E-state index contributed by atoms with van der Waals surface area (Å²) in [6.07, 6.45) is 5.03. The number of halogens is 1. The largest absolute Gasteiger partial charge is 0.381 e. The number of anilines is 1. The zero-order valence-corrected chi connectivity index (χ0v) is 19.8. The Labute approximate surface area is 198 Å². The Morgan fingerprint density at radius 1 is 1.06 bits per heavy atom. The molecule has 0 spiro atoms. The molecule has 2 aromatic carbocycles. The third kappa shape index (κ3) is 4.69. The molecule has 0 saturated carbocycles. The number of nitrogens with zero attached hydrogens (tertiary/aromatic N) is 1. The highest BCUT2D eigenvalue weighted by Gasteiger charge is 2.19. The van der Waals surface area contributed by atoms with E-state index >= 15 is 0 Å². The summed E-state index contributed by atoms with van der Waals surface area (Å²) >= 11 is 0. The molecule has 1 aliphatic heterocycles. The van der Waals surface area contributed by atoms with Crippen LogP contribution in [0.4, 0.5) is 10.1 Å². The van der Waals surface area contributed by atoms with Crippen molar-refractivity contribution in [3.05, 3.63) is 77.9 Å². The molecule has 1 fully saturated rings. The van der Waals surface area contributed by atoms with Crippen molar-refractivity contribution in [2.24, 2.45) is 0 Å². The van der Waals surface area contributed by atoms with E-state index in [-0.39, 0.29) is 10.7 Å². The van der Waals surface area contributed by atoms with E-state index in [4.69, 9.17) is 0 Å². The predicted molar refractivity (Wildman–Crippen MR) is 133 cm³/mol. The van der Waals surface area contributed by atoms with Crippen LogP contribution in [0.2, 0.25) is 0 Å². The lowest BCUT2D eigenvalue weighted by molar-refractivity contribution is 0.455. The highest BCUT2D eigenvalue weighted by atomic mass is 32.2. The molecule has 3 N–H and O–H groups in total. The Morgan fingerprint density at radius 2 is 1.88 bits per heavy atom. The van der Waals surface area contributed by atoms with Crippen LogP contribution in [0.15, 0.2) is 65.7 Å². The van der Waals surface area contributed by atoms with Gasteiger partial charge in [-0.25, -0.2) is 17.8 Å². The third-order valence-corrected chi connectivity index (χ3v) is 7.52. The molecule has 176 valence electrons. The summed E-state index contributed by atoms with van der Waals surface area (Å²) in [4.78, 5) is 8.21. The maximum absolute atomic E-state index is 15.0. The number of hydrogen-bond acceptors (Lipinski definition) is 5. The van der Waals surface area contributed by atoms with Crippen LogP contribution in [-0.2, 0) is 16.4 Å². The van der Waals surface area contributed by atoms with Crippen LogP contribution in [0.5, 0.6) is 0 Å². The fraction of sp³-hybridized carbons (Fsp3) is 0.269. The molecule has 2 aromatic heterocycles. The number of benzene rings is 2. The molecule has 0 unspecified atom stereocenters. The van der Waals surface area contributed by atoms with E-state index in [9.17, 15) is 12.8 Å². The van der Waals surface area contributed by atoms with E-state index in [0.29, 0.717) is 18.0 Å². The lowest BCUT2D eigenvalue weighted by atomic mass is 9.94. The van der Waals surface area contributed by atoms with Crippen LogP contribution >= 0.6 is 0 Å². The predicted octanol–water partition coefficient (Wildman–Crippen LogP) is 4.85. The van der Waals surface area contributed by atoms with Crippen molar-refractivity contribution >= 4 is 26.6 Å². The highest BCUT2D eigenvalue weighted by molar-refractivity contribution is 7.90. The molecule has 6 nitrogen and oxygen atoms in total. The second-order valence-electron chi connectivity index (χ2n) is 8.84. The van der Waals surface area contributed by atoms with Crippen LogP contribution in [0.1, 0.15) is 30.0 Å². The first-order valence-electron chi connectivity index (χ1n) is 11.4. The van der Waals surface area contributed by atoms with Gasteiger partial charge in [0.1, 0.15) is 11.5 Å². The third-order valence-electron chi connectivity index (χ3n) is 6.41. The molecule has 1 aliphatic rings. The molecule has 3 heterocycles. The summed E-state index contributed by atoms with van der Waals surface area (Å²) in [5.41, 5.74) is 4.79. The number of aromatic nitrogens is 2. The molecule has 5 rings (SSSR count). The SMILES string of the molecule is CS(=O)(=O)c1cccc(CNc2ccc(F)c(-c3ccnc4[nH]c(C5CCNCC5)cc34)c2)c1. The van der Waals surface area contributed by atoms with Crippen molar-refractivity contribution in [2.45, 2.75) is 30.2 Å². The Kier molecular flexibility index (Phi) is 6.10. The van der Waals surface area contributed by atoms with Crippen LogP contribution in [0.3, 0.4) is 0 Å². The van der Waals surface area contributed by atoms with Crippen molar-refractivity contribution in [2.75, 3.05) is 24.7 Å². The molecule has 0 radical (unpaired) electrons. The van der Waals surface area contributed by atoms with Gasteiger partial charge in [0, 0.05) is 47.2 Å². The first-order chi connectivity index (χ1) is 16.4. The molecule has 0 atom stereocenters. The fourth-order valence-corrected chi connectivity index (χ4v) is 5.26. The minimum absolute atomic E-state index is 0.280. The zero-order chi connectivity index (χ0) is 23.7. The molecule has 0 bridgehead atoms. The van der Waals surface area contributed by atoms with Crippen LogP contribution < -0.4 is 10.6 Å². The number of sulfone groups is 1. The fourth-order valence-electron chi connectivity index (χ4n) is 4.57. The standard InChI is InChI=1S/C26H27FN4O2S/c1-34(32,33)20-4-2-3-17(13-20)16-30-19-5-6-24(27)22(14-19)21-9-12-29-26-23(21)15-25(31-26)18-7-10-28-11-8-18/h2-6,9,12-15,18,28,30H,7-8,10-11,16H2,1H3,(H,29,31). The van der Waals surface area contributed by atoms with Gasteiger partial charge in [0.25, 0.3) is 0 Å². The molecular weight excluding hydrogens is 451 g/mol. The van der Waals surface area contributed by atoms with Crippen molar-refractivity contribution < 1.29 is 12.8 Å². The van der Waals surface area contributed by atoms with Crippen molar-refractivity contribution in [1.82, 2.24) is 15.3 Å². The maximum atomic E-state index is 15.0. The second-order valence-corrected chi connectivity index (χ2v) is 10.9. The van der Waals surface area contributed by atoms with E-state index < -0.39 is 9.84 Å². The van der Waals surface area contributed by atoms with Gasteiger partial charge in [-0.3, -0.25) is 0 Å². The summed E-state index contributed by atoms with van der Waals surface area (Å²) in [7, 11) is -3.27. The number of piperidine rings is 1. The minimum atomic E-state index is -3.27. The first-order valence-corrected chi connectivity index (χ1v) is 13.3. The molecule has 1 saturated heterocycles. The van der Waals surface area contributed by atoms with Gasteiger partial charge in [-0.05, 0) is 79.5 Å². The van der Waals surface area contributed by atoms with Gasteiger partial charge >= 0.3 is 0 Å². The van der Waals surface area contributed by atoms with Gasteiger partial charge < -0.3 is 15.6 Å². The average molecular weight is 479 g/mol. The lowest BCUT2D eigenvalue weighted by Gasteiger charge is -2.21. The smallest absolute Gasteiger partial charge is 0.175 e. The summed E-state index contributed by atoms with van der Waals surface area (Å²) in [6, 6.07) is 15.7. The molecule has 8 heteroatoms. The summed E-state index contributed by atoms with van der Waals surface area (Å²) in [5, 5.41) is 7.59. The molecule has 4 aromatic rings. The monoisotopic (exact) mass is 478 g/mol. The van der Waals surface area contributed by atoms with E-state index in [0.717, 1.165) is 59.5 Å². The number of pyridine rings is 1. The molecule has 34 heavy (non-hydrogen) atoms. The quantitative estimate of drug-likeness (QED) is 0.369. The van der Waals surface area contributed by atoms with Gasteiger partial charge in [0.15, 0.2) is 9.84 Å². The summed E-state index contributed by atoms with van der Waals surface area (Å²) < 4.78 is 38.6. The second kappa shape index (κ2) is 9.19. The minimum Gasteiger partial charge on any atom is -0.381 e. The van der Waals surface area contributed by atoms with Crippen molar-refractivity contribution in [1.29, 1.82) is 0 Å². The highest BCUT2D eigenvalue weighted by Crippen LogP contribution is 2.34. The number of rotatable bonds is 6. The van der Waals surface area contributed by atoms with Crippen molar-refractivity contribution in [3.8, 4) is 11.1 Å². The van der Waals surface area contributed by atoms with Gasteiger partial charge in [-0.2, -0.15) is 0 Å². The van der Waals surface area contributed by atoms with Crippen molar-refractivity contribution in [3.63, 3.8) is 0 Å². The van der Waals surface area contributed by atoms with Gasteiger partial charge in [-0.15, -0.1) is 0 Å². The normalized spacial score (nSPS) is 15.0. The molecular formula is C26H27FN4O2S. The average Bonchev–Trinajstić information content (AvgIpc) is 3.28. The van der Waals surface area contributed by atoms with Gasteiger partial charge in [0.2, 0.25) is 0 Å². The summed E-state index contributed by atoms with van der Waals surface area (Å²) in [5.74, 6) is 0.144. The van der Waals surface area contributed by atoms with E-state index in [1.165, 1.54) is 12.3 Å². The first kappa shape index (κ1) is 22.6. The zero-order valence-electron chi connectivity index (χ0n) is 18.9. The van der Waals surface area contributed by atoms with E-state index in [2.05, 4.69) is 26.7 Å². The van der Waals surface area contributed by atoms with Crippen LogP contribution in [-0.4, -0.2) is 37.7 Å². The van der Waals surface area contributed by atoms with Gasteiger partial charge in [-0.1, -0.05) is 12.1 Å². The Balaban J connectivity index is 1.43. The number of hydrogen-bond donors (Lipinski definition) is 3. The number of fused-ring (bicyclic) bond motifs is 1. The van der Waals surface area contributed by atoms with Crippen LogP contribution in [0, 0.1) is 5.82 Å². The summed E-state index contributed by atoms with van der Waals surface area (Å²) in [6.45, 7) is 2.41. The molecule has 0 aliphatic carbocycles. The Morgan fingerprint density at radius 3 is 2.68 bits per heavy atom. The van der Waals surface area contributed by atoms with E-state index in [1.807, 2.05) is 12.1 Å². The number of nitrogens with one attached hydrogen (secondary N) is 3. The number of H-pyrrole nitrogens is 1. The van der Waals surface area contributed by atoms with Gasteiger partial charge in [0.05, 0.1) is 4.90 Å². The Hall–Kier alpha value is -3.23.